The molecule has 1 aromatic heterocycles. The first kappa shape index (κ1) is 19.6. The van der Waals surface area contributed by atoms with E-state index in [-0.39, 0.29) is 29.7 Å². The van der Waals surface area contributed by atoms with Crippen LogP contribution in [0.4, 0.5) is 0 Å². The maximum Gasteiger partial charge on any atom is 0.256 e. The monoisotopic (exact) mass is 389 g/mol. The molecule has 0 unspecified atom stereocenters. The van der Waals surface area contributed by atoms with Gasteiger partial charge in [-0.05, 0) is 45.6 Å². The molecule has 7 nitrogen and oxygen atoms in total. The first-order valence-electron chi connectivity index (χ1n) is 10.2. The van der Waals surface area contributed by atoms with Gasteiger partial charge in [-0.2, -0.15) is 0 Å². The van der Waals surface area contributed by atoms with Crippen molar-refractivity contribution in [2.45, 2.75) is 76.4 Å². The number of aliphatic hydroxyl groups is 1. The summed E-state index contributed by atoms with van der Waals surface area (Å²) in [5.74, 6) is 0.630. The van der Waals surface area contributed by atoms with Gasteiger partial charge >= 0.3 is 0 Å². The molecule has 0 aromatic carbocycles. The van der Waals surface area contributed by atoms with Crippen LogP contribution < -0.4 is 4.74 Å². The summed E-state index contributed by atoms with van der Waals surface area (Å²) in [5, 5.41) is 10.2. The highest BCUT2D eigenvalue weighted by Crippen LogP contribution is 2.43. The van der Waals surface area contributed by atoms with Crippen molar-refractivity contribution >= 4 is 5.91 Å². The van der Waals surface area contributed by atoms with E-state index in [0.717, 1.165) is 37.1 Å². The third-order valence-corrected chi connectivity index (χ3v) is 6.82. The van der Waals surface area contributed by atoms with E-state index < -0.39 is 0 Å². The quantitative estimate of drug-likeness (QED) is 0.830. The van der Waals surface area contributed by atoms with Crippen LogP contribution >= 0.6 is 0 Å². The molecular weight excluding hydrogens is 358 g/mol. The number of carbonyl (C=O) groups excluding carboxylic acids is 1. The average Bonchev–Trinajstić information content (AvgIpc) is 3.20. The van der Waals surface area contributed by atoms with Gasteiger partial charge in [0.1, 0.15) is 0 Å². The number of rotatable bonds is 5. The van der Waals surface area contributed by atoms with Crippen molar-refractivity contribution in [2.24, 2.45) is 0 Å². The van der Waals surface area contributed by atoms with E-state index in [1.165, 1.54) is 0 Å². The fourth-order valence-corrected chi connectivity index (χ4v) is 5.15. The number of fused-ring (bicyclic) bond motifs is 2. The number of methoxy groups -OCH3 is 2. The molecule has 2 fully saturated rings. The van der Waals surface area contributed by atoms with E-state index in [0.29, 0.717) is 31.0 Å². The largest absolute Gasteiger partial charge is 0.481 e. The van der Waals surface area contributed by atoms with Gasteiger partial charge in [-0.1, -0.05) is 0 Å². The lowest BCUT2D eigenvalue weighted by molar-refractivity contribution is -0.0880. The Morgan fingerprint density at radius 2 is 2.14 bits per heavy atom. The third-order valence-electron chi connectivity index (χ3n) is 6.82. The van der Waals surface area contributed by atoms with Gasteiger partial charge in [-0.3, -0.25) is 9.69 Å². The van der Waals surface area contributed by atoms with E-state index >= 15 is 0 Å². The van der Waals surface area contributed by atoms with Gasteiger partial charge < -0.3 is 19.5 Å². The highest BCUT2D eigenvalue weighted by molar-refractivity contribution is 5.98. The van der Waals surface area contributed by atoms with Crippen molar-refractivity contribution in [3.63, 3.8) is 0 Å². The molecule has 2 aliphatic heterocycles. The van der Waals surface area contributed by atoms with Gasteiger partial charge in [0.2, 0.25) is 5.88 Å². The maximum absolute atomic E-state index is 12.8. The van der Waals surface area contributed by atoms with E-state index in [2.05, 4.69) is 9.88 Å². The lowest BCUT2D eigenvalue weighted by Crippen LogP contribution is -2.51. The fourth-order valence-electron chi connectivity index (χ4n) is 5.15. The fraction of sp³-hybridized carbons (Fsp3) is 0.714. The van der Waals surface area contributed by atoms with Gasteiger partial charge in [0.15, 0.2) is 0 Å². The van der Waals surface area contributed by atoms with Crippen molar-refractivity contribution in [2.75, 3.05) is 20.8 Å². The molecule has 4 rings (SSSR count). The van der Waals surface area contributed by atoms with Crippen LogP contribution in [0.2, 0.25) is 0 Å². The van der Waals surface area contributed by atoms with Gasteiger partial charge in [0.05, 0.1) is 36.6 Å². The summed E-state index contributed by atoms with van der Waals surface area (Å²) < 4.78 is 11.5. The molecule has 0 bridgehead atoms. The number of amides is 1. The lowest BCUT2D eigenvalue weighted by atomic mass is 9.79. The van der Waals surface area contributed by atoms with E-state index in [9.17, 15) is 9.90 Å². The summed E-state index contributed by atoms with van der Waals surface area (Å²) in [6.07, 6.45) is 3.07. The smallest absolute Gasteiger partial charge is 0.256 e. The summed E-state index contributed by atoms with van der Waals surface area (Å²) in [6.45, 7) is 6.11. The molecule has 1 aliphatic carbocycles. The average molecular weight is 389 g/mol. The van der Waals surface area contributed by atoms with Crippen molar-refractivity contribution in [3.8, 4) is 5.88 Å². The highest BCUT2D eigenvalue weighted by Gasteiger charge is 2.50. The minimum absolute atomic E-state index is 0.0437. The van der Waals surface area contributed by atoms with Crippen LogP contribution in [0.25, 0.3) is 0 Å². The van der Waals surface area contributed by atoms with Crippen molar-refractivity contribution in [1.29, 1.82) is 0 Å². The summed E-state index contributed by atoms with van der Waals surface area (Å²) in [4.78, 5) is 21.6. The number of likely N-dealkylation sites (tertiary alicyclic amines) is 1. The number of ether oxygens (including phenoxy) is 2. The molecule has 28 heavy (non-hydrogen) atoms. The number of hydrogen-bond acceptors (Lipinski definition) is 6. The summed E-state index contributed by atoms with van der Waals surface area (Å²) in [5.41, 5.74) is 2.22. The van der Waals surface area contributed by atoms with Crippen LogP contribution in [-0.2, 0) is 17.8 Å². The Labute approximate surface area is 166 Å². The zero-order valence-corrected chi connectivity index (χ0v) is 17.3. The third kappa shape index (κ3) is 3.09. The van der Waals surface area contributed by atoms with E-state index in [1.807, 2.05) is 24.8 Å². The van der Waals surface area contributed by atoms with Gasteiger partial charge in [0, 0.05) is 37.8 Å². The summed E-state index contributed by atoms with van der Waals surface area (Å²) in [7, 11) is 3.41. The SMILES string of the molecule is COc1nc2c(cc1CN1CC[C@]3(OC)CC[C@@H](O)C[C@H]13)C(=O)N(C(C)C)C2. The van der Waals surface area contributed by atoms with Crippen molar-refractivity contribution in [1.82, 2.24) is 14.8 Å². The number of carbonyl (C=O) groups is 1. The van der Waals surface area contributed by atoms with Gasteiger partial charge in [0.25, 0.3) is 5.91 Å². The van der Waals surface area contributed by atoms with Gasteiger partial charge in [-0.15, -0.1) is 0 Å². The zero-order valence-electron chi connectivity index (χ0n) is 17.3. The number of aliphatic hydroxyl groups excluding tert-OH is 1. The molecule has 3 aliphatic rings. The minimum atomic E-state index is -0.282. The maximum atomic E-state index is 12.8. The van der Waals surface area contributed by atoms with Crippen LogP contribution in [0.15, 0.2) is 6.07 Å². The molecule has 7 heteroatoms. The standard InChI is InChI=1S/C21H31N3O4/c1-13(2)24-12-17-16(20(24)26)9-14(19(22-17)27-3)11-23-8-7-21(28-4)6-5-15(25)10-18(21)23/h9,13,15,18,25H,5-8,10-12H2,1-4H3/t15-,18+,21-/m1/s1. The lowest BCUT2D eigenvalue weighted by Gasteiger charge is -2.42. The molecule has 0 spiro atoms. The minimum Gasteiger partial charge on any atom is -0.481 e. The second kappa shape index (κ2) is 7.28. The molecular formula is C21H31N3O4. The highest BCUT2D eigenvalue weighted by atomic mass is 16.5. The Morgan fingerprint density at radius 3 is 2.82 bits per heavy atom. The summed E-state index contributed by atoms with van der Waals surface area (Å²) >= 11 is 0. The molecule has 1 amide bonds. The topological polar surface area (TPSA) is 75.1 Å². The van der Waals surface area contributed by atoms with Crippen LogP contribution in [-0.4, -0.2) is 70.4 Å². The van der Waals surface area contributed by atoms with Crippen LogP contribution in [0.3, 0.4) is 0 Å². The van der Waals surface area contributed by atoms with Crippen LogP contribution in [0, 0.1) is 0 Å². The van der Waals surface area contributed by atoms with Crippen molar-refractivity contribution in [3.05, 3.63) is 22.9 Å². The van der Waals surface area contributed by atoms with Crippen molar-refractivity contribution < 1.29 is 19.4 Å². The molecule has 154 valence electrons. The number of nitrogens with zero attached hydrogens (tertiary/aromatic N) is 3. The molecule has 1 saturated heterocycles. The predicted molar refractivity (Wildman–Crippen MR) is 104 cm³/mol. The molecule has 1 saturated carbocycles. The second-order valence-electron chi connectivity index (χ2n) is 8.61. The Kier molecular flexibility index (Phi) is 5.10. The number of aromatic nitrogens is 1. The first-order chi connectivity index (χ1) is 13.4. The molecule has 3 heterocycles. The Bertz CT molecular complexity index is 768. The Hall–Kier alpha value is -1.70. The predicted octanol–water partition coefficient (Wildman–Crippen LogP) is 1.96. The van der Waals surface area contributed by atoms with Gasteiger partial charge in [-0.25, -0.2) is 4.98 Å². The molecule has 0 radical (unpaired) electrons. The Balaban J connectivity index is 1.61. The Morgan fingerprint density at radius 1 is 1.36 bits per heavy atom. The zero-order chi connectivity index (χ0) is 20.1. The number of pyridine rings is 1. The normalized spacial score (nSPS) is 30.1. The van der Waals surface area contributed by atoms with E-state index in [4.69, 9.17) is 9.47 Å². The molecule has 1 aromatic rings. The molecule has 1 N–H and O–H groups in total. The molecule has 3 atom stereocenters. The number of hydrogen-bond donors (Lipinski definition) is 1. The summed E-state index contributed by atoms with van der Waals surface area (Å²) in [6, 6.07) is 2.26. The first-order valence-corrected chi connectivity index (χ1v) is 10.2. The second-order valence-corrected chi connectivity index (χ2v) is 8.61. The van der Waals surface area contributed by atoms with E-state index in [1.54, 1.807) is 14.2 Å². The van der Waals surface area contributed by atoms with Crippen LogP contribution in [0.1, 0.15) is 61.1 Å². The van der Waals surface area contributed by atoms with Crippen LogP contribution in [0.5, 0.6) is 5.88 Å².